The smallest absolute Gasteiger partial charge is 0.258 e. The van der Waals surface area contributed by atoms with Crippen molar-refractivity contribution in [3.8, 4) is 11.9 Å². The van der Waals surface area contributed by atoms with Crippen LogP contribution in [0.1, 0.15) is 36.3 Å². The second-order valence-corrected chi connectivity index (χ2v) is 8.15. The Bertz CT molecular complexity index is 975. The summed E-state index contributed by atoms with van der Waals surface area (Å²) in [5.74, 6) is 1.23. The van der Waals surface area contributed by atoms with E-state index in [4.69, 9.17) is 18.6 Å². The van der Waals surface area contributed by atoms with Crippen LogP contribution in [0.3, 0.4) is 0 Å². The number of ether oxygens (including phenoxy) is 3. The molecule has 0 unspecified atom stereocenters. The summed E-state index contributed by atoms with van der Waals surface area (Å²) in [5, 5.41) is 12.6. The van der Waals surface area contributed by atoms with Crippen molar-refractivity contribution in [2.45, 2.75) is 39.0 Å². The van der Waals surface area contributed by atoms with Gasteiger partial charge >= 0.3 is 0 Å². The first kappa shape index (κ1) is 21.2. The average Bonchev–Trinajstić information content (AvgIpc) is 3.29. The van der Waals surface area contributed by atoms with Crippen molar-refractivity contribution in [2.24, 2.45) is 0 Å². The molecule has 0 atom stereocenters. The van der Waals surface area contributed by atoms with Crippen LogP contribution in [-0.4, -0.2) is 49.4 Å². The maximum absolute atomic E-state index is 12.3. The molecule has 0 radical (unpaired) electrons. The third kappa shape index (κ3) is 4.81. The van der Waals surface area contributed by atoms with Crippen LogP contribution in [0, 0.1) is 11.3 Å². The number of aromatic nitrogens is 1. The van der Waals surface area contributed by atoms with E-state index in [-0.39, 0.29) is 24.9 Å². The molecule has 0 bridgehead atoms. The first-order valence-electron chi connectivity index (χ1n) is 10.3. The predicted molar refractivity (Wildman–Crippen MR) is 111 cm³/mol. The minimum absolute atomic E-state index is 0.175. The second kappa shape index (κ2) is 8.96. The Hall–Kier alpha value is -3.09. The number of fused-ring (bicyclic) bond motifs is 1. The highest BCUT2D eigenvalue weighted by atomic mass is 16.5. The van der Waals surface area contributed by atoms with E-state index in [0.29, 0.717) is 50.7 Å². The van der Waals surface area contributed by atoms with Gasteiger partial charge in [-0.2, -0.15) is 10.2 Å². The summed E-state index contributed by atoms with van der Waals surface area (Å²) in [5.41, 5.74) is 1.75. The maximum atomic E-state index is 12.3. The van der Waals surface area contributed by atoms with Gasteiger partial charge in [-0.05, 0) is 31.5 Å². The monoisotopic (exact) mass is 426 g/mol. The molecule has 2 aliphatic heterocycles. The van der Waals surface area contributed by atoms with Crippen LogP contribution in [-0.2, 0) is 33.8 Å². The lowest BCUT2D eigenvalue weighted by atomic mass is 9.89. The number of hydrogen-bond donors (Lipinski definition) is 1. The molecule has 4 heterocycles. The van der Waals surface area contributed by atoms with E-state index in [1.807, 2.05) is 13.8 Å². The molecule has 31 heavy (non-hydrogen) atoms. The van der Waals surface area contributed by atoms with Crippen molar-refractivity contribution in [3.63, 3.8) is 0 Å². The molecule has 1 fully saturated rings. The number of furan rings is 1. The number of carbonyl (C=O) groups excluding carboxylic acids is 1. The van der Waals surface area contributed by atoms with Crippen LogP contribution in [0.2, 0.25) is 0 Å². The summed E-state index contributed by atoms with van der Waals surface area (Å²) < 4.78 is 22.4. The lowest BCUT2D eigenvalue weighted by molar-refractivity contribution is -0.123. The van der Waals surface area contributed by atoms with Crippen LogP contribution < -0.4 is 15.0 Å². The van der Waals surface area contributed by atoms with Gasteiger partial charge in [-0.15, -0.1) is 0 Å². The van der Waals surface area contributed by atoms with Crippen molar-refractivity contribution >= 4 is 11.7 Å². The number of amides is 1. The zero-order valence-electron chi connectivity index (χ0n) is 17.8. The fraction of sp³-hybridized carbons (Fsp3) is 0.500. The summed E-state index contributed by atoms with van der Waals surface area (Å²) in [4.78, 5) is 19.0. The zero-order valence-corrected chi connectivity index (χ0v) is 17.8. The van der Waals surface area contributed by atoms with E-state index < -0.39 is 5.60 Å². The summed E-state index contributed by atoms with van der Waals surface area (Å²) in [6.45, 7) is 6.98. The lowest BCUT2D eigenvalue weighted by Gasteiger charge is -2.36. The number of rotatable bonds is 6. The van der Waals surface area contributed by atoms with Gasteiger partial charge in [-0.3, -0.25) is 4.79 Å². The highest BCUT2D eigenvalue weighted by molar-refractivity contribution is 5.77. The quantitative estimate of drug-likeness (QED) is 0.746. The molecule has 2 aliphatic rings. The van der Waals surface area contributed by atoms with E-state index in [0.717, 1.165) is 16.9 Å². The number of anilines is 1. The van der Waals surface area contributed by atoms with Crippen molar-refractivity contribution in [1.82, 2.24) is 10.3 Å². The normalized spacial score (nSPS) is 17.5. The molecule has 2 aromatic rings. The molecular formula is C22H26N4O5. The first-order valence-corrected chi connectivity index (χ1v) is 10.3. The summed E-state index contributed by atoms with van der Waals surface area (Å²) >= 11 is 0. The van der Waals surface area contributed by atoms with Crippen LogP contribution in [0.4, 0.5) is 5.82 Å². The Kier molecular flexibility index (Phi) is 6.11. The number of pyridine rings is 1. The van der Waals surface area contributed by atoms with Crippen LogP contribution >= 0.6 is 0 Å². The Morgan fingerprint density at radius 1 is 1.35 bits per heavy atom. The molecule has 2 aromatic heterocycles. The third-order valence-corrected chi connectivity index (χ3v) is 5.37. The van der Waals surface area contributed by atoms with Crippen molar-refractivity contribution in [2.75, 3.05) is 37.8 Å². The number of hydrogen-bond acceptors (Lipinski definition) is 8. The lowest BCUT2D eigenvalue weighted by Crippen LogP contribution is -2.40. The molecule has 0 aromatic carbocycles. The van der Waals surface area contributed by atoms with Gasteiger partial charge in [0.1, 0.15) is 23.2 Å². The molecular weight excluding hydrogens is 400 g/mol. The highest BCUT2D eigenvalue weighted by Gasteiger charge is 2.34. The molecule has 0 aliphatic carbocycles. The van der Waals surface area contributed by atoms with Crippen molar-refractivity contribution < 1.29 is 23.4 Å². The molecule has 9 heteroatoms. The van der Waals surface area contributed by atoms with Crippen LogP contribution in [0.15, 0.2) is 22.8 Å². The minimum atomic E-state index is -0.403. The largest absolute Gasteiger partial charge is 0.467 e. The Morgan fingerprint density at radius 2 is 2.16 bits per heavy atom. The van der Waals surface area contributed by atoms with Gasteiger partial charge in [-0.25, -0.2) is 0 Å². The van der Waals surface area contributed by atoms with Crippen LogP contribution in [0.5, 0.6) is 5.88 Å². The molecule has 0 spiro atoms. The van der Waals surface area contributed by atoms with E-state index in [2.05, 4.69) is 21.3 Å². The molecule has 1 amide bonds. The highest BCUT2D eigenvalue weighted by Crippen LogP contribution is 2.38. The number of nitriles is 1. The zero-order chi connectivity index (χ0) is 21.8. The minimum Gasteiger partial charge on any atom is -0.467 e. The molecule has 164 valence electrons. The number of nitrogens with zero attached hydrogens (tertiary/aromatic N) is 3. The van der Waals surface area contributed by atoms with Crippen molar-refractivity contribution in [3.05, 3.63) is 40.8 Å². The van der Waals surface area contributed by atoms with Gasteiger partial charge in [0, 0.05) is 25.1 Å². The number of morpholine rings is 1. The van der Waals surface area contributed by atoms with E-state index in [1.165, 1.54) is 0 Å². The van der Waals surface area contributed by atoms with Gasteiger partial charge in [-0.1, -0.05) is 0 Å². The Labute approximate surface area is 180 Å². The molecule has 1 N–H and O–H groups in total. The van der Waals surface area contributed by atoms with Gasteiger partial charge in [0.2, 0.25) is 5.88 Å². The van der Waals surface area contributed by atoms with Crippen molar-refractivity contribution in [1.29, 1.82) is 5.26 Å². The Balaban J connectivity index is 1.58. The van der Waals surface area contributed by atoms with E-state index in [1.54, 1.807) is 18.4 Å². The van der Waals surface area contributed by atoms with E-state index in [9.17, 15) is 10.1 Å². The van der Waals surface area contributed by atoms with Crippen LogP contribution in [0.25, 0.3) is 0 Å². The van der Waals surface area contributed by atoms with Gasteiger partial charge in [0.15, 0.2) is 6.61 Å². The van der Waals surface area contributed by atoms with Gasteiger partial charge in [0.25, 0.3) is 5.91 Å². The number of carbonyl (C=O) groups is 1. The fourth-order valence-corrected chi connectivity index (χ4v) is 3.77. The SMILES string of the molecule is CC1(C)Cc2c(C#N)c(OCC(=O)NCc3ccco3)nc(N3CCOCC3)c2CO1. The average molecular weight is 426 g/mol. The molecule has 1 saturated heterocycles. The molecule has 4 rings (SSSR count). The summed E-state index contributed by atoms with van der Waals surface area (Å²) in [6, 6.07) is 5.77. The Morgan fingerprint density at radius 3 is 2.87 bits per heavy atom. The van der Waals surface area contributed by atoms with Gasteiger partial charge < -0.3 is 28.8 Å². The molecule has 0 saturated carbocycles. The van der Waals surface area contributed by atoms with E-state index >= 15 is 0 Å². The second-order valence-electron chi connectivity index (χ2n) is 8.15. The summed E-state index contributed by atoms with van der Waals surface area (Å²) in [7, 11) is 0. The predicted octanol–water partition coefficient (Wildman–Crippen LogP) is 1.93. The first-order chi connectivity index (χ1) is 15.0. The topological polar surface area (TPSA) is 110 Å². The maximum Gasteiger partial charge on any atom is 0.258 e. The summed E-state index contributed by atoms with van der Waals surface area (Å²) in [6.07, 6.45) is 2.11. The number of nitrogens with one attached hydrogen (secondary N) is 1. The molecule has 9 nitrogen and oxygen atoms in total. The fourth-order valence-electron chi connectivity index (χ4n) is 3.77. The third-order valence-electron chi connectivity index (χ3n) is 5.37. The van der Waals surface area contributed by atoms with Gasteiger partial charge in [0.05, 0.1) is 38.2 Å². The standard InChI is InChI=1S/C22H26N4O5/c1-22(2)10-16-17(11-23)21(30-14-19(27)24-12-15-4-3-7-29-15)25-20(18(16)13-31-22)26-5-8-28-9-6-26/h3-4,7H,5-6,8-10,12-14H2,1-2H3,(H,24,27).